The smallest absolute Gasteiger partial charge is 0.348 e. The topological polar surface area (TPSA) is 91.0 Å². The number of hydrogen-bond donors (Lipinski definition) is 2. The van der Waals surface area contributed by atoms with Gasteiger partial charge in [0.1, 0.15) is 4.88 Å². The fourth-order valence-corrected chi connectivity index (χ4v) is 6.19. The number of aromatic carboxylic acids is 1. The maximum absolute atomic E-state index is 14.1. The van der Waals surface area contributed by atoms with Gasteiger partial charge in [-0.15, -0.1) is 11.3 Å². The lowest BCUT2D eigenvalue weighted by atomic mass is 9.81. The number of carbonyl (C=O) groups excluding carboxylic acids is 1. The van der Waals surface area contributed by atoms with Gasteiger partial charge < -0.3 is 14.7 Å². The van der Waals surface area contributed by atoms with E-state index in [1.165, 1.54) is 12.4 Å². The highest BCUT2D eigenvalue weighted by atomic mass is 32.1. The summed E-state index contributed by atoms with van der Waals surface area (Å²) in [5.74, 6) is 6.48. The van der Waals surface area contributed by atoms with Crippen molar-refractivity contribution in [3.63, 3.8) is 0 Å². The first kappa shape index (κ1) is 28.0. The fraction of sp³-hybridized carbons (Fsp3) is 0.567. The van der Waals surface area contributed by atoms with Crippen LogP contribution in [0.4, 0.5) is 5.69 Å². The van der Waals surface area contributed by atoms with Crippen molar-refractivity contribution < 1.29 is 29.4 Å². The Morgan fingerprint density at radius 1 is 1.11 bits per heavy atom. The highest BCUT2D eigenvalue weighted by molar-refractivity contribution is 7.15. The lowest BCUT2D eigenvalue weighted by Crippen LogP contribution is -2.47. The predicted octanol–water partition coefficient (Wildman–Crippen LogP) is 5.92. The van der Waals surface area contributed by atoms with Crippen molar-refractivity contribution in [2.75, 3.05) is 4.90 Å². The number of carboxylic acids is 1. The summed E-state index contributed by atoms with van der Waals surface area (Å²) in [5.41, 5.74) is 0.270. The van der Waals surface area contributed by atoms with Crippen LogP contribution < -0.4 is 14.4 Å². The molecule has 7 nitrogen and oxygen atoms in total. The van der Waals surface area contributed by atoms with Crippen LogP contribution in [-0.2, 0) is 4.79 Å². The quantitative estimate of drug-likeness (QED) is 0.270. The SMILES string of the molecule is CC1CCC(C(=O)N(c2cc(C#CC(C)(C)C)sc2C(=O)O)C2CCC(Oc3ccc[n+](O)c3)CC2)CC1. The molecule has 2 saturated carbocycles. The molecule has 2 aliphatic rings. The number of carbonyl (C=O) groups is 2. The summed E-state index contributed by atoms with van der Waals surface area (Å²) in [6.45, 7) is 8.28. The molecule has 4 rings (SSSR count). The van der Waals surface area contributed by atoms with Crippen LogP contribution in [0.15, 0.2) is 30.6 Å². The Kier molecular flexibility index (Phi) is 8.67. The molecule has 2 aromatic rings. The molecule has 2 aliphatic carbocycles. The molecule has 2 heterocycles. The third-order valence-corrected chi connectivity index (χ3v) is 8.43. The number of ether oxygens (including phenoxy) is 1. The van der Waals surface area contributed by atoms with Crippen LogP contribution in [0.3, 0.4) is 0 Å². The van der Waals surface area contributed by atoms with Crippen molar-refractivity contribution in [1.82, 2.24) is 0 Å². The number of carboxylic acid groups (broad SMARTS) is 1. The van der Waals surface area contributed by atoms with Gasteiger partial charge in [0.05, 0.1) is 16.7 Å². The largest absolute Gasteiger partial charge is 0.484 e. The van der Waals surface area contributed by atoms with E-state index in [1.54, 1.807) is 6.07 Å². The van der Waals surface area contributed by atoms with Gasteiger partial charge in [-0.25, -0.2) is 4.79 Å². The van der Waals surface area contributed by atoms with Crippen LogP contribution in [0.25, 0.3) is 0 Å². The first-order valence-electron chi connectivity index (χ1n) is 13.6. The monoisotopic (exact) mass is 539 g/mol. The Morgan fingerprint density at radius 2 is 1.79 bits per heavy atom. The van der Waals surface area contributed by atoms with Gasteiger partial charge in [0.2, 0.25) is 12.1 Å². The van der Waals surface area contributed by atoms with Crippen molar-refractivity contribution in [3.05, 3.63) is 40.3 Å². The van der Waals surface area contributed by atoms with Crippen LogP contribution in [0, 0.1) is 29.1 Å². The molecule has 0 spiro atoms. The number of nitrogens with zero attached hydrogens (tertiary/aromatic N) is 2. The van der Waals surface area contributed by atoms with Crippen LogP contribution in [0.5, 0.6) is 5.75 Å². The molecule has 0 aromatic carbocycles. The number of rotatable bonds is 6. The minimum Gasteiger partial charge on any atom is -0.484 e. The molecule has 2 N–H and O–H groups in total. The number of anilines is 1. The molecule has 0 bridgehead atoms. The summed E-state index contributed by atoms with van der Waals surface area (Å²) in [6.07, 6.45) is 9.63. The van der Waals surface area contributed by atoms with Crippen molar-refractivity contribution in [3.8, 4) is 17.6 Å². The van der Waals surface area contributed by atoms with Gasteiger partial charge in [0, 0.05) is 28.2 Å². The average Bonchev–Trinajstić information content (AvgIpc) is 3.28. The molecule has 204 valence electrons. The van der Waals surface area contributed by atoms with E-state index in [2.05, 4.69) is 18.8 Å². The van der Waals surface area contributed by atoms with Gasteiger partial charge in [0.25, 0.3) is 6.20 Å². The van der Waals surface area contributed by atoms with Crippen LogP contribution in [0.2, 0.25) is 0 Å². The Labute approximate surface area is 229 Å². The molecule has 0 unspecified atom stereocenters. The molecule has 0 aliphatic heterocycles. The second-order valence-corrected chi connectivity index (χ2v) is 12.8. The van der Waals surface area contributed by atoms with Crippen molar-refractivity contribution >= 4 is 28.9 Å². The number of pyridine rings is 1. The van der Waals surface area contributed by atoms with Crippen LogP contribution >= 0.6 is 11.3 Å². The summed E-state index contributed by atoms with van der Waals surface area (Å²) >= 11 is 1.15. The number of amides is 1. The van der Waals surface area contributed by atoms with E-state index in [0.717, 1.165) is 54.6 Å². The summed E-state index contributed by atoms with van der Waals surface area (Å²) in [7, 11) is 0. The summed E-state index contributed by atoms with van der Waals surface area (Å²) < 4.78 is 7.06. The van der Waals surface area contributed by atoms with Crippen molar-refractivity contribution in [2.45, 2.75) is 91.2 Å². The highest BCUT2D eigenvalue weighted by Gasteiger charge is 2.38. The molecule has 2 fully saturated rings. The molecule has 0 saturated heterocycles. The van der Waals surface area contributed by atoms with Gasteiger partial charge in [-0.3, -0.25) is 10.0 Å². The van der Waals surface area contributed by atoms with E-state index in [9.17, 15) is 19.9 Å². The molecule has 8 heteroatoms. The Balaban J connectivity index is 1.60. The zero-order chi connectivity index (χ0) is 27.4. The molecule has 38 heavy (non-hydrogen) atoms. The van der Waals surface area contributed by atoms with Gasteiger partial charge in [0.15, 0.2) is 5.75 Å². The third-order valence-electron chi connectivity index (χ3n) is 7.40. The normalized spacial score (nSPS) is 23.7. The van der Waals surface area contributed by atoms with Crippen molar-refractivity contribution in [2.24, 2.45) is 17.3 Å². The van der Waals surface area contributed by atoms with E-state index in [-0.39, 0.29) is 34.3 Å². The zero-order valence-corrected chi connectivity index (χ0v) is 23.6. The molecule has 0 atom stereocenters. The van der Waals surface area contributed by atoms with Gasteiger partial charge in [-0.2, -0.15) is 0 Å². The molecular formula is C30H39N2O5S+. The minimum absolute atomic E-state index is 0.0317. The Morgan fingerprint density at radius 3 is 2.39 bits per heavy atom. The maximum atomic E-state index is 14.1. The van der Waals surface area contributed by atoms with Crippen LogP contribution in [-0.4, -0.2) is 34.3 Å². The minimum atomic E-state index is -1.03. The Hall–Kier alpha value is -3.05. The van der Waals surface area contributed by atoms with Gasteiger partial charge in [-0.05, 0) is 90.2 Å². The number of aromatic nitrogens is 1. The van der Waals surface area contributed by atoms with E-state index in [0.29, 0.717) is 35.1 Å². The molecule has 0 radical (unpaired) electrons. The average molecular weight is 540 g/mol. The number of thiophene rings is 1. The first-order valence-corrected chi connectivity index (χ1v) is 14.4. The fourth-order valence-electron chi connectivity index (χ4n) is 5.35. The number of hydrogen-bond acceptors (Lipinski definition) is 5. The highest BCUT2D eigenvalue weighted by Crippen LogP contribution is 2.39. The summed E-state index contributed by atoms with van der Waals surface area (Å²) in [5, 5.41) is 19.8. The van der Waals surface area contributed by atoms with Crippen LogP contribution in [0.1, 0.15) is 93.6 Å². The van der Waals surface area contributed by atoms with E-state index in [4.69, 9.17) is 4.74 Å². The first-order chi connectivity index (χ1) is 18.0. The lowest BCUT2D eigenvalue weighted by molar-refractivity contribution is -0.905. The molecular weight excluding hydrogens is 500 g/mol. The third kappa shape index (κ3) is 7.08. The van der Waals surface area contributed by atoms with Gasteiger partial charge in [-0.1, -0.05) is 18.8 Å². The maximum Gasteiger partial charge on any atom is 0.348 e. The summed E-state index contributed by atoms with van der Waals surface area (Å²) in [6, 6.07) is 5.24. The second kappa shape index (κ2) is 11.8. The standard InChI is InChI=1S/C30H38N2O5S/c1-20-7-9-21(10-8-20)28(33)32(26-18-25(15-16-30(2,3)4)38-27(26)29(34)35)22-11-13-23(14-12-22)37-24-6-5-17-31(36)19-24/h5-6,17-23H,7-14H2,1-4H3,(H-,34,35,36)/p+1. The molecule has 1 amide bonds. The van der Waals surface area contributed by atoms with E-state index >= 15 is 0 Å². The zero-order valence-electron chi connectivity index (χ0n) is 22.8. The summed E-state index contributed by atoms with van der Waals surface area (Å²) in [4.78, 5) is 29.0. The second-order valence-electron chi connectivity index (χ2n) is 11.8. The van der Waals surface area contributed by atoms with E-state index < -0.39 is 5.97 Å². The van der Waals surface area contributed by atoms with Gasteiger partial charge >= 0.3 is 5.97 Å². The Bertz CT molecular complexity index is 1210. The predicted molar refractivity (Wildman–Crippen MR) is 147 cm³/mol. The van der Waals surface area contributed by atoms with E-state index in [1.807, 2.05) is 37.8 Å². The lowest BCUT2D eigenvalue weighted by Gasteiger charge is -2.39. The molecule has 2 aromatic heterocycles. The van der Waals surface area contributed by atoms with Crippen molar-refractivity contribution in [1.29, 1.82) is 0 Å².